The number of rotatable bonds is 1. The summed E-state index contributed by atoms with van der Waals surface area (Å²) in [6.45, 7) is 2.16. The number of aliphatic hydroxyl groups is 1. The number of hydrogen-bond acceptors (Lipinski definition) is 3. The number of Topliss-reactive ketones (excluding diaryl/α,β-unsaturated/α-hetero) is 2. The lowest BCUT2D eigenvalue weighted by Gasteiger charge is -2.49. The summed E-state index contributed by atoms with van der Waals surface area (Å²) in [4.78, 5) is 25.3. The maximum atomic E-state index is 12.7. The summed E-state index contributed by atoms with van der Waals surface area (Å²) >= 11 is 0. The van der Waals surface area contributed by atoms with E-state index in [2.05, 4.69) is 6.92 Å². The van der Waals surface area contributed by atoms with Gasteiger partial charge in [0.1, 0.15) is 11.4 Å². The van der Waals surface area contributed by atoms with Crippen molar-refractivity contribution in [3.63, 3.8) is 0 Å². The molecule has 0 aromatic heterocycles. The average Bonchev–Trinajstić information content (AvgIpc) is 2.44. The van der Waals surface area contributed by atoms with Crippen molar-refractivity contribution in [1.82, 2.24) is 0 Å². The molecule has 0 radical (unpaired) electrons. The Kier molecular flexibility index (Phi) is 3.28. The molecule has 3 saturated carbocycles. The maximum Gasteiger partial charge on any atom is 0.168 e. The van der Waals surface area contributed by atoms with Gasteiger partial charge in [0.25, 0.3) is 0 Å². The fraction of sp³-hybridized carbons (Fsp3) is 0.875. The minimum atomic E-state index is -1.31. The van der Waals surface area contributed by atoms with E-state index in [1.54, 1.807) is 0 Å². The van der Waals surface area contributed by atoms with Crippen molar-refractivity contribution in [3.8, 4) is 0 Å². The highest BCUT2D eigenvalue weighted by atomic mass is 16.3. The van der Waals surface area contributed by atoms with Gasteiger partial charge in [0.2, 0.25) is 0 Å². The van der Waals surface area contributed by atoms with Crippen LogP contribution in [0, 0.1) is 23.7 Å². The second kappa shape index (κ2) is 4.69. The third kappa shape index (κ3) is 1.89. The first-order valence-corrected chi connectivity index (χ1v) is 7.88. The second-order valence-corrected chi connectivity index (χ2v) is 6.79. The van der Waals surface area contributed by atoms with Crippen LogP contribution in [0.25, 0.3) is 0 Å². The fourth-order valence-corrected chi connectivity index (χ4v) is 4.66. The molecule has 0 aromatic rings. The molecule has 3 aliphatic rings. The molecule has 3 rings (SSSR count). The summed E-state index contributed by atoms with van der Waals surface area (Å²) in [5.74, 6) is 0.115. The van der Waals surface area contributed by atoms with Crippen LogP contribution < -0.4 is 0 Å². The summed E-state index contributed by atoms with van der Waals surface area (Å²) in [7, 11) is 0. The Morgan fingerprint density at radius 2 is 1.95 bits per heavy atom. The highest BCUT2D eigenvalue weighted by Crippen LogP contribution is 2.49. The van der Waals surface area contributed by atoms with Gasteiger partial charge in [-0.1, -0.05) is 26.2 Å². The first-order valence-electron chi connectivity index (χ1n) is 7.88. The second-order valence-electron chi connectivity index (χ2n) is 6.79. The van der Waals surface area contributed by atoms with Crippen LogP contribution in [0.3, 0.4) is 0 Å². The van der Waals surface area contributed by atoms with Crippen molar-refractivity contribution in [2.24, 2.45) is 23.7 Å². The molecule has 0 heterocycles. The van der Waals surface area contributed by atoms with Gasteiger partial charge in [-0.05, 0) is 38.0 Å². The Morgan fingerprint density at radius 1 is 1.16 bits per heavy atom. The zero-order chi connectivity index (χ0) is 13.6. The molecule has 106 valence electrons. The van der Waals surface area contributed by atoms with Crippen molar-refractivity contribution in [1.29, 1.82) is 0 Å². The van der Waals surface area contributed by atoms with Crippen LogP contribution in [0.1, 0.15) is 58.3 Å². The van der Waals surface area contributed by atoms with Gasteiger partial charge in [0, 0.05) is 11.8 Å². The van der Waals surface area contributed by atoms with Crippen molar-refractivity contribution >= 4 is 11.6 Å². The van der Waals surface area contributed by atoms with Crippen LogP contribution in [0.2, 0.25) is 0 Å². The molecule has 0 amide bonds. The molecular weight excluding hydrogens is 240 g/mol. The van der Waals surface area contributed by atoms with E-state index in [9.17, 15) is 14.7 Å². The van der Waals surface area contributed by atoms with Gasteiger partial charge < -0.3 is 5.11 Å². The molecular formula is C16H24O3. The van der Waals surface area contributed by atoms with E-state index >= 15 is 0 Å². The first kappa shape index (κ1) is 13.3. The Hall–Kier alpha value is -0.700. The van der Waals surface area contributed by atoms with E-state index in [0.29, 0.717) is 18.8 Å². The van der Waals surface area contributed by atoms with Crippen molar-refractivity contribution < 1.29 is 14.7 Å². The van der Waals surface area contributed by atoms with Crippen molar-refractivity contribution in [2.45, 2.75) is 63.9 Å². The van der Waals surface area contributed by atoms with Gasteiger partial charge in [-0.3, -0.25) is 9.59 Å². The maximum absolute atomic E-state index is 12.7. The Balaban J connectivity index is 1.90. The van der Waals surface area contributed by atoms with Crippen LogP contribution in [0.15, 0.2) is 0 Å². The Morgan fingerprint density at radius 3 is 2.68 bits per heavy atom. The summed E-state index contributed by atoms with van der Waals surface area (Å²) in [5, 5.41) is 10.7. The zero-order valence-corrected chi connectivity index (χ0v) is 11.7. The average molecular weight is 264 g/mol. The molecule has 0 spiro atoms. The molecule has 1 N–H and O–H groups in total. The molecule has 3 fully saturated rings. The van der Waals surface area contributed by atoms with Crippen LogP contribution in [-0.2, 0) is 9.59 Å². The number of carbonyl (C=O) groups excluding carboxylic acids is 2. The number of ketones is 2. The van der Waals surface area contributed by atoms with Gasteiger partial charge in [-0.15, -0.1) is 0 Å². The van der Waals surface area contributed by atoms with E-state index in [1.807, 2.05) is 0 Å². The molecule has 19 heavy (non-hydrogen) atoms. The zero-order valence-electron chi connectivity index (χ0n) is 11.7. The quantitative estimate of drug-likeness (QED) is 0.791. The largest absolute Gasteiger partial charge is 0.381 e. The van der Waals surface area contributed by atoms with Crippen molar-refractivity contribution in [3.05, 3.63) is 0 Å². The van der Waals surface area contributed by atoms with Crippen LogP contribution >= 0.6 is 0 Å². The van der Waals surface area contributed by atoms with E-state index in [1.165, 1.54) is 0 Å². The van der Waals surface area contributed by atoms with Gasteiger partial charge in [-0.2, -0.15) is 0 Å². The smallest absolute Gasteiger partial charge is 0.168 e. The topological polar surface area (TPSA) is 54.4 Å². The van der Waals surface area contributed by atoms with Crippen LogP contribution in [0.4, 0.5) is 0 Å². The lowest BCUT2D eigenvalue weighted by molar-refractivity contribution is -0.174. The lowest BCUT2D eigenvalue weighted by atomic mass is 9.55. The lowest BCUT2D eigenvalue weighted by Crippen LogP contribution is -2.61. The molecule has 0 bridgehead atoms. The summed E-state index contributed by atoms with van der Waals surface area (Å²) in [6.07, 6.45) is 6.88. The minimum absolute atomic E-state index is 0.00338. The summed E-state index contributed by atoms with van der Waals surface area (Å²) in [6, 6.07) is 0. The van der Waals surface area contributed by atoms with Gasteiger partial charge in [-0.25, -0.2) is 0 Å². The predicted octanol–water partition coefficient (Wildman–Crippen LogP) is 2.50. The molecule has 0 aromatic carbocycles. The predicted molar refractivity (Wildman–Crippen MR) is 71.5 cm³/mol. The van der Waals surface area contributed by atoms with Gasteiger partial charge in [0.05, 0.1) is 5.92 Å². The van der Waals surface area contributed by atoms with Gasteiger partial charge in [0.15, 0.2) is 5.78 Å². The van der Waals surface area contributed by atoms with Crippen molar-refractivity contribution in [2.75, 3.05) is 0 Å². The molecule has 3 heteroatoms. The fourth-order valence-electron chi connectivity index (χ4n) is 4.66. The monoisotopic (exact) mass is 264 g/mol. The molecule has 3 aliphatic carbocycles. The summed E-state index contributed by atoms with van der Waals surface area (Å²) in [5.41, 5.74) is -1.31. The van der Waals surface area contributed by atoms with Crippen LogP contribution in [-0.4, -0.2) is 22.3 Å². The number of fused-ring (bicyclic) bond motifs is 2. The normalized spacial score (nSPS) is 46.6. The third-order valence-electron chi connectivity index (χ3n) is 5.89. The highest BCUT2D eigenvalue weighted by Gasteiger charge is 2.59. The Bertz CT molecular complexity index is 403. The van der Waals surface area contributed by atoms with Gasteiger partial charge >= 0.3 is 0 Å². The highest BCUT2D eigenvalue weighted by molar-refractivity contribution is 6.03. The SMILES string of the molecule is CCC1CCC2C(=O)C3(O)CCCCC3C(=O)C2C1. The van der Waals surface area contributed by atoms with E-state index < -0.39 is 11.5 Å². The van der Waals surface area contributed by atoms with Crippen LogP contribution in [0.5, 0.6) is 0 Å². The molecule has 0 aliphatic heterocycles. The Labute approximate surface area is 114 Å². The van der Waals surface area contributed by atoms with E-state index in [0.717, 1.165) is 38.5 Å². The molecule has 0 saturated heterocycles. The third-order valence-corrected chi connectivity index (χ3v) is 5.89. The van der Waals surface area contributed by atoms with E-state index in [-0.39, 0.29) is 23.4 Å². The molecule has 3 nitrogen and oxygen atoms in total. The number of hydrogen-bond donors (Lipinski definition) is 1. The standard InChI is InChI=1S/C16H24O3/c1-2-10-6-7-11-12(9-10)14(17)13-5-3-4-8-16(13,19)15(11)18/h10-13,19H,2-9H2,1H3. The molecule has 5 atom stereocenters. The number of carbonyl (C=O) groups is 2. The van der Waals surface area contributed by atoms with E-state index in [4.69, 9.17) is 0 Å². The first-order chi connectivity index (χ1) is 9.08. The molecule has 5 unspecified atom stereocenters. The summed E-state index contributed by atoms with van der Waals surface area (Å²) < 4.78 is 0. The minimum Gasteiger partial charge on any atom is -0.381 e.